The van der Waals surface area contributed by atoms with E-state index in [9.17, 15) is 14.4 Å². The minimum absolute atomic E-state index is 0.0407. The quantitative estimate of drug-likeness (QED) is 0.685. The summed E-state index contributed by atoms with van der Waals surface area (Å²) in [4.78, 5) is 45.9. The SMILES string of the molecule is COc1ccc(N2C(=O)CC(N(Cc3cccnc3)C(=O)CC(C)(C)C)C2=O)cc1. The second-order valence-electron chi connectivity index (χ2n) is 8.61. The Morgan fingerprint density at radius 1 is 1.20 bits per heavy atom. The molecular formula is C23H27N3O4. The van der Waals surface area contributed by atoms with Crippen LogP contribution in [0.1, 0.15) is 39.2 Å². The summed E-state index contributed by atoms with van der Waals surface area (Å²) < 4.78 is 5.14. The van der Waals surface area contributed by atoms with Gasteiger partial charge in [-0.05, 0) is 41.3 Å². The Labute approximate surface area is 176 Å². The molecule has 2 aromatic rings. The average molecular weight is 409 g/mol. The molecule has 1 fully saturated rings. The minimum atomic E-state index is -0.838. The lowest BCUT2D eigenvalue weighted by atomic mass is 9.91. The van der Waals surface area contributed by atoms with E-state index in [1.165, 1.54) is 4.90 Å². The lowest BCUT2D eigenvalue weighted by molar-refractivity contribution is -0.140. The zero-order chi connectivity index (χ0) is 21.9. The van der Waals surface area contributed by atoms with Gasteiger partial charge < -0.3 is 9.64 Å². The van der Waals surface area contributed by atoms with Gasteiger partial charge in [0.2, 0.25) is 11.8 Å². The molecule has 30 heavy (non-hydrogen) atoms. The Hall–Kier alpha value is -3.22. The summed E-state index contributed by atoms with van der Waals surface area (Å²) in [5, 5.41) is 0. The molecule has 0 saturated carbocycles. The first kappa shape index (κ1) is 21.5. The van der Waals surface area contributed by atoms with E-state index < -0.39 is 11.9 Å². The number of aromatic nitrogens is 1. The number of imide groups is 1. The summed E-state index contributed by atoms with van der Waals surface area (Å²) in [5.74, 6) is -0.242. The predicted octanol–water partition coefficient (Wildman–Crippen LogP) is 3.19. The Morgan fingerprint density at radius 2 is 1.90 bits per heavy atom. The van der Waals surface area contributed by atoms with Gasteiger partial charge in [0.15, 0.2) is 0 Å². The molecule has 1 aliphatic rings. The van der Waals surface area contributed by atoms with Gasteiger partial charge in [0.05, 0.1) is 19.2 Å². The minimum Gasteiger partial charge on any atom is -0.497 e. The van der Waals surface area contributed by atoms with Crippen LogP contribution in [0.2, 0.25) is 0 Å². The highest BCUT2D eigenvalue weighted by molar-refractivity contribution is 6.23. The summed E-state index contributed by atoms with van der Waals surface area (Å²) >= 11 is 0. The van der Waals surface area contributed by atoms with Gasteiger partial charge in [0, 0.05) is 25.4 Å². The first-order valence-electron chi connectivity index (χ1n) is 9.89. The van der Waals surface area contributed by atoms with E-state index in [0.717, 1.165) is 10.5 Å². The molecule has 0 N–H and O–H groups in total. The van der Waals surface area contributed by atoms with Crippen LogP contribution >= 0.6 is 0 Å². The molecule has 1 aliphatic heterocycles. The summed E-state index contributed by atoms with van der Waals surface area (Å²) in [6.45, 7) is 6.14. The zero-order valence-electron chi connectivity index (χ0n) is 17.8. The number of carbonyl (C=O) groups excluding carboxylic acids is 3. The number of hydrogen-bond donors (Lipinski definition) is 0. The molecule has 1 aromatic carbocycles. The predicted molar refractivity (Wildman–Crippen MR) is 113 cm³/mol. The third kappa shape index (κ3) is 4.84. The largest absolute Gasteiger partial charge is 0.497 e. The number of benzene rings is 1. The summed E-state index contributed by atoms with van der Waals surface area (Å²) in [7, 11) is 1.55. The monoisotopic (exact) mass is 409 g/mol. The maximum Gasteiger partial charge on any atom is 0.257 e. The van der Waals surface area contributed by atoms with Gasteiger partial charge in [-0.25, -0.2) is 4.90 Å². The third-order valence-electron chi connectivity index (χ3n) is 4.91. The number of methoxy groups -OCH3 is 1. The van der Waals surface area contributed by atoms with Crippen molar-refractivity contribution in [2.45, 2.75) is 46.2 Å². The lowest BCUT2D eigenvalue weighted by Gasteiger charge is -2.30. The molecule has 7 heteroatoms. The highest BCUT2D eigenvalue weighted by atomic mass is 16.5. The highest BCUT2D eigenvalue weighted by Gasteiger charge is 2.44. The van der Waals surface area contributed by atoms with E-state index in [2.05, 4.69) is 4.98 Å². The molecule has 0 aliphatic carbocycles. The van der Waals surface area contributed by atoms with Crippen molar-refractivity contribution in [3.63, 3.8) is 0 Å². The van der Waals surface area contributed by atoms with Crippen LogP contribution in [0.4, 0.5) is 5.69 Å². The molecule has 2 heterocycles. The van der Waals surface area contributed by atoms with Crippen molar-refractivity contribution < 1.29 is 19.1 Å². The van der Waals surface area contributed by atoms with Crippen LogP contribution in [0.3, 0.4) is 0 Å². The molecule has 1 aromatic heterocycles. The standard InChI is InChI=1S/C23H27N3O4/c1-23(2,3)13-21(28)25(15-16-6-5-11-24-14-16)19-12-20(27)26(22(19)29)17-7-9-18(30-4)10-8-17/h5-11,14,19H,12-13,15H2,1-4H3. The van der Waals surface area contributed by atoms with Crippen LogP contribution in [-0.4, -0.2) is 40.8 Å². The maximum absolute atomic E-state index is 13.2. The number of amides is 3. The summed E-state index contributed by atoms with van der Waals surface area (Å²) in [6.07, 6.45) is 3.55. The van der Waals surface area contributed by atoms with Crippen molar-refractivity contribution in [1.29, 1.82) is 0 Å². The van der Waals surface area contributed by atoms with E-state index in [1.54, 1.807) is 49.8 Å². The first-order chi connectivity index (χ1) is 14.2. The molecule has 1 unspecified atom stereocenters. The number of hydrogen-bond acceptors (Lipinski definition) is 5. The summed E-state index contributed by atoms with van der Waals surface area (Å²) in [6, 6.07) is 9.52. The molecule has 1 atom stereocenters. The van der Waals surface area contributed by atoms with Crippen LogP contribution in [-0.2, 0) is 20.9 Å². The van der Waals surface area contributed by atoms with Crippen molar-refractivity contribution >= 4 is 23.4 Å². The Kier molecular flexibility index (Phi) is 6.20. The van der Waals surface area contributed by atoms with Gasteiger partial charge in [-0.1, -0.05) is 26.8 Å². The van der Waals surface area contributed by atoms with Crippen molar-refractivity contribution in [3.05, 3.63) is 54.4 Å². The zero-order valence-corrected chi connectivity index (χ0v) is 17.8. The van der Waals surface area contributed by atoms with Crippen LogP contribution in [0, 0.1) is 5.41 Å². The Morgan fingerprint density at radius 3 is 2.47 bits per heavy atom. The lowest BCUT2D eigenvalue weighted by Crippen LogP contribution is -2.46. The van der Waals surface area contributed by atoms with Crippen molar-refractivity contribution in [2.24, 2.45) is 5.41 Å². The molecule has 3 rings (SSSR count). The molecule has 0 radical (unpaired) electrons. The maximum atomic E-state index is 13.2. The van der Waals surface area contributed by atoms with E-state index in [0.29, 0.717) is 11.4 Å². The van der Waals surface area contributed by atoms with Gasteiger partial charge in [-0.2, -0.15) is 0 Å². The fraction of sp³-hybridized carbons (Fsp3) is 0.391. The fourth-order valence-corrected chi connectivity index (χ4v) is 3.48. The summed E-state index contributed by atoms with van der Waals surface area (Å²) in [5.41, 5.74) is 1.03. The van der Waals surface area contributed by atoms with Gasteiger partial charge in [0.1, 0.15) is 11.8 Å². The number of pyridine rings is 1. The smallest absolute Gasteiger partial charge is 0.257 e. The number of ether oxygens (including phenoxy) is 1. The van der Waals surface area contributed by atoms with Gasteiger partial charge in [-0.3, -0.25) is 19.4 Å². The van der Waals surface area contributed by atoms with E-state index in [-0.39, 0.29) is 36.6 Å². The second kappa shape index (κ2) is 8.65. The van der Waals surface area contributed by atoms with Crippen molar-refractivity contribution in [3.8, 4) is 5.75 Å². The third-order valence-corrected chi connectivity index (χ3v) is 4.91. The Bertz CT molecular complexity index is 920. The molecule has 1 saturated heterocycles. The van der Waals surface area contributed by atoms with Crippen LogP contribution < -0.4 is 9.64 Å². The van der Waals surface area contributed by atoms with Gasteiger partial charge >= 0.3 is 0 Å². The normalized spacial score (nSPS) is 16.7. The average Bonchev–Trinajstić information content (AvgIpc) is 2.99. The Balaban J connectivity index is 1.89. The van der Waals surface area contributed by atoms with Crippen LogP contribution in [0.5, 0.6) is 5.75 Å². The van der Waals surface area contributed by atoms with E-state index >= 15 is 0 Å². The molecule has 0 spiro atoms. The molecule has 158 valence electrons. The number of rotatable bonds is 6. The van der Waals surface area contributed by atoms with E-state index in [4.69, 9.17) is 4.74 Å². The molecule has 0 bridgehead atoms. The number of anilines is 1. The fourth-order valence-electron chi connectivity index (χ4n) is 3.48. The number of nitrogens with zero attached hydrogens (tertiary/aromatic N) is 3. The van der Waals surface area contributed by atoms with Gasteiger partial charge in [0.25, 0.3) is 5.91 Å². The molecule has 3 amide bonds. The van der Waals surface area contributed by atoms with Gasteiger partial charge in [-0.15, -0.1) is 0 Å². The topological polar surface area (TPSA) is 79.8 Å². The van der Waals surface area contributed by atoms with Crippen LogP contribution in [0.25, 0.3) is 0 Å². The highest BCUT2D eigenvalue weighted by Crippen LogP contribution is 2.30. The molecule has 7 nitrogen and oxygen atoms in total. The molecular weight excluding hydrogens is 382 g/mol. The first-order valence-corrected chi connectivity index (χ1v) is 9.89. The number of carbonyl (C=O) groups is 3. The van der Waals surface area contributed by atoms with Crippen molar-refractivity contribution in [2.75, 3.05) is 12.0 Å². The van der Waals surface area contributed by atoms with E-state index in [1.807, 2.05) is 26.8 Å². The van der Waals surface area contributed by atoms with Crippen molar-refractivity contribution in [1.82, 2.24) is 9.88 Å². The second-order valence-corrected chi connectivity index (χ2v) is 8.61. The van der Waals surface area contributed by atoms with Crippen LogP contribution in [0.15, 0.2) is 48.8 Å².